The van der Waals surface area contributed by atoms with Crippen LogP contribution in [0.2, 0.25) is 4.34 Å². The van der Waals surface area contributed by atoms with Gasteiger partial charge in [-0.1, -0.05) is 38.8 Å². The maximum absolute atomic E-state index is 11.1. The van der Waals surface area contributed by atoms with Crippen LogP contribution in [-0.4, -0.2) is 5.11 Å². The lowest BCUT2D eigenvalue weighted by atomic mass is 9.66. The summed E-state index contributed by atoms with van der Waals surface area (Å²) in [7, 11) is 0. The van der Waals surface area contributed by atoms with Gasteiger partial charge in [0, 0.05) is 4.88 Å². The summed E-state index contributed by atoms with van der Waals surface area (Å²) in [6, 6.07) is 3.90. The number of halogens is 1. The van der Waals surface area contributed by atoms with Crippen LogP contribution < -0.4 is 0 Å². The van der Waals surface area contributed by atoms with Crippen molar-refractivity contribution >= 4 is 22.9 Å². The maximum Gasteiger partial charge on any atom is 0.102 e. The fourth-order valence-corrected chi connectivity index (χ4v) is 4.41. The van der Waals surface area contributed by atoms with Gasteiger partial charge in [0.05, 0.1) is 4.34 Å². The number of aliphatic hydroxyl groups is 1. The third kappa shape index (κ3) is 2.54. The second-order valence-corrected chi connectivity index (χ2v) is 7.48. The maximum atomic E-state index is 11.1. The molecule has 3 unspecified atom stereocenters. The molecule has 0 aromatic carbocycles. The quantitative estimate of drug-likeness (QED) is 0.829. The predicted molar refractivity (Wildman–Crippen MR) is 74.6 cm³/mol. The Labute approximate surface area is 113 Å². The first-order valence-electron chi connectivity index (χ1n) is 6.41. The van der Waals surface area contributed by atoms with Crippen LogP contribution >= 0.6 is 22.9 Å². The Morgan fingerprint density at radius 3 is 2.65 bits per heavy atom. The lowest BCUT2D eigenvalue weighted by molar-refractivity contribution is -0.0837. The van der Waals surface area contributed by atoms with Crippen molar-refractivity contribution in [2.75, 3.05) is 0 Å². The van der Waals surface area contributed by atoms with Crippen LogP contribution in [0, 0.1) is 17.8 Å². The first-order valence-corrected chi connectivity index (χ1v) is 7.61. The van der Waals surface area contributed by atoms with Gasteiger partial charge in [-0.3, -0.25) is 0 Å². The summed E-state index contributed by atoms with van der Waals surface area (Å²) in [5.74, 6) is 1.46. The second-order valence-electron chi connectivity index (χ2n) is 5.77. The molecule has 3 heteroatoms. The molecule has 0 aliphatic heterocycles. The third-order valence-electron chi connectivity index (χ3n) is 4.05. The lowest BCUT2D eigenvalue weighted by Crippen LogP contribution is -2.42. The summed E-state index contributed by atoms with van der Waals surface area (Å²) in [6.45, 7) is 6.65. The summed E-state index contributed by atoms with van der Waals surface area (Å²) in [5.41, 5.74) is -0.663. The van der Waals surface area contributed by atoms with E-state index >= 15 is 0 Å². The van der Waals surface area contributed by atoms with Gasteiger partial charge in [0.1, 0.15) is 5.60 Å². The average molecular weight is 273 g/mol. The van der Waals surface area contributed by atoms with Crippen molar-refractivity contribution in [2.45, 2.75) is 45.6 Å². The van der Waals surface area contributed by atoms with Crippen LogP contribution in [0.15, 0.2) is 12.1 Å². The molecule has 0 saturated heterocycles. The van der Waals surface area contributed by atoms with E-state index in [4.69, 9.17) is 11.6 Å². The zero-order valence-corrected chi connectivity index (χ0v) is 12.3. The van der Waals surface area contributed by atoms with E-state index in [1.165, 1.54) is 17.8 Å². The highest BCUT2D eigenvalue weighted by Crippen LogP contribution is 2.49. The molecule has 1 fully saturated rings. The van der Waals surface area contributed by atoms with Crippen molar-refractivity contribution in [1.29, 1.82) is 0 Å². The highest BCUT2D eigenvalue weighted by Gasteiger charge is 2.44. The van der Waals surface area contributed by atoms with Crippen molar-refractivity contribution < 1.29 is 5.11 Å². The number of rotatable bonds is 2. The van der Waals surface area contributed by atoms with Crippen molar-refractivity contribution in [1.82, 2.24) is 0 Å². The fourth-order valence-electron chi connectivity index (χ4n) is 3.20. The van der Waals surface area contributed by atoms with Crippen molar-refractivity contribution in [3.63, 3.8) is 0 Å². The van der Waals surface area contributed by atoms with Gasteiger partial charge >= 0.3 is 0 Å². The fraction of sp³-hybridized carbons (Fsp3) is 0.714. The van der Waals surface area contributed by atoms with E-state index < -0.39 is 5.60 Å². The summed E-state index contributed by atoms with van der Waals surface area (Å²) in [4.78, 5) is 1.05. The SMILES string of the molecule is CC1CCC(C(C)C)C(O)(c2ccc(Cl)s2)C1. The molecular weight excluding hydrogens is 252 g/mol. The van der Waals surface area contributed by atoms with Crippen LogP contribution in [0.1, 0.15) is 44.9 Å². The van der Waals surface area contributed by atoms with Gasteiger partial charge in [-0.2, -0.15) is 0 Å². The molecule has 1 aromatic heterocycles. The van der Waals surface area contributed by atoms with E-state index in [2.05, 4.69) is 20.8 Å². The Bertz CT molecular complexity index is 387. The number of hydrogen-bond acceptors (Lipinski definition) is 2. The molecule has 1 saturated carbocycles. The smallest absolute Gasteiger partial charge is 0.102 e. The third-order valence-corrected chi connectivity index (χ3v) is 5.45. The van der Waals surface area contributed by atoms with Crippen LogP contribution in [0.4, 0.5) is 0 Å². The van der Waals surface area contributed by atoms with Crippen LogP contribution in [-0.2, 0) is 5.60 Å². The van der Waals surface area contributed by atoms with Gasteiger partial charge in [-0.05, 0) is 42.7 Å². The predicted octanol–water partition coefficient (Wildman–Crippen LogP) is 4.68. The Morgan fingerprint density at radius 2 is 2.12 bits per heavy atom. The monoisotopic (exact) mass is 272 g/mol. The minimum Gasteiger partial charge on any atom is -0.384 e. The lowest BCUT2D eigenvalue weighted by Gasteiger charge is -2.44. The Balaban J connectivity index is 2.35. The van der Waals surface area contributed by atoms with E-state index in [1.807, 2.05) is 12.1 Å². The highest BCUT2D eigenvalue weighted by molar-refractivity contribution is 7.16. The van der Waals surface area contributed by atoms with Crippen LogP contribution in [0.5, 0.6) is 0 Å². The van der Waals surface area contributed by atoms with E-state index in [9.17, 15) is 5.11 Å². The molecule has 0 radical (unpaired) electrons. The molecule has 1 aromatic rings. The molecule has 1 aliphatic rings. The second kappa shape index (κ2) is 4.91. The number of hydrogen-bond donors (Lipinski definition) is 1. The zero-order valence-electron chi connectivity index (χ0n) is 10.7. The molecule has 3 atom stereocenters. The molecule has 0 amide bonds. The van der Waals surface area contributed by atoms with E-state index in [0.717, 1.165) is 22.1 Å². The van der Waals surface area contributed by atoms with E-state index in [1.54, 1.807) is 0 Å². The molecule has 0 spiro atoms. The van der Waals surface area contributed by atoms with Crippen LogP contribution in [0.25, 0.3) is 0 Å². The first-order chi connectivity index (χ1) is 7.93. The molecule has 1 nitrogen and oxygen atoms in total. The molecule has 1 N–H and O–H groups in total. The van der Waals surface area contributed by atoms with Crippen molar-refractivity contribution in [2.24, 2.45) is 17.8 Å². The molecule has 1 aliphatic carbocycles. The zero-order chi connectivity index (χ0) is 12.6. The van der Waals surface area contributed by atoms with Gasteiger partial charge in [0.2, 0.25) is 0 Å². The summed E-state index contributed by atoms with van der Waals surface area (Å²) < 4.78 is 0.772. The normalized spacial score (nSPS) is 34.2. The van der Waals surface area contributed by atoms with Gasteiger partial charge in [-0.15, -0.1) is 11.3 Å². The topological polar surface area (TPSA) is 20.2 Å². The first kappa shape index (κ1) is 13.4. The molecule has 1 heterocycles. The van der Waals surface area contributed by atoms with Gasteiger partial charge in [0.15, 0.2) is 0 Å². The summed E-state index contributed by atoms with van der Waals surface area (Å²) >= 11 is 7.54. The van der Waals surface area contributed by atoms with Crippen molar-refractivity contribution in [3.8, 4) is 0 Å². The van der Waals surface area contributed by atoms with Gasteiger partial charge in [0.25, 0.3) is 0 Å². The van der Waals surface area contributed by atoms with Crippen LogP contribution in [0.3, 0.4) is 0 Å². The molecule has 96 valence electrons. The number of thiophene rings is 1. The molecule has 2 rings (SSSR count). The highest BCUT2D eigenvalue weighted by atomic mass is 35.5. The Kier molecular flexibility index (Phi) is 3.86. The van der Waals surface area contributed by atoms with Gasteiger partial charge in [-0.25, -0.2) is 0 Å². The summed E-state index contributed by atoms with van der Waals surface area (Å²) in [5, 5.41) is 11.1. The van der Waals surface area contributed by atoms with Crippen molar-refractivity contribution in [3.05, 3.63) is 21.3 Å². The largest absolute Gasteiger partial charge is 0.384 e. The molecular formula is C14H21ClOS. The summed E-state index contributed by atoms with van der Waals surface area (Å²) in [6.07, 6.45) is 3.21. The van der Waals surface area contributed by atoms with Gasteiger partial charge < -0.3 is 5.11 Å². The minimum absolute atomic E-state index is 0.355. The average Bonchev–Trinajstić information content (AvgIpc) is 2.64. The Morgan fingerprint density at radius 1 is 1.41 bits per heavy atom. The minimum atomic E-state index is -0.663. The standard InChI is InChI=1S/C14H21ClOS/c1-9(2)11-5-4-10(3)8-14(11,16)12-6-7-13(15)17-12/h6-7,9-11,16H,4-5,8H2,1-3H3. The Hall–Kier alpha value is -0.0500. The molecule has 17 heavy (non-hydrogen) atoms. The van der Waals surface area contributed by atoms with E-state index in [-0.39, 0.29) is 0 Å². The van der Waals surface area contributed by atoms with E-state index in [0.29, 0.717) is 17.8 Å². The molecule has 0 bridgehead atoms.